The zero-order chi connectivity index (χ0) is 13.6. The monoisotopic (exact) mass is 266 g/mol. The van der Waals surface area contributed by atoms with Crippen LogP contribution in [0, 0.1) is 17.8 Å². The smallest absolute Gasteiger partial charge is 0.308 e. The van der Waals surface area contributed by atoms with E-state index in [0.29, 0.717) is 24.8 Å². The number of hydrogen-bond donors (Lipinski definition) is 2. The average Bonchev–Trinajstić information content (AvgIpc) is 3.01. The highest BCUT2D eigenvalue weighted by Gasteiger charge is 2.47. The summed E-state index contributed by atoms with van der Waals surface area (Å²) in [6.45, 7) is 3.41. The molecule has 2 saturated heterocycles. The zero-order valence-electron chi connectivity index (χ0n) is 11.3. The Morgan fingerprint density at radius 3 is 2.74 bits per heavy atom. The van der Waals surface area contributed by atoms with Crippen molar-refractivity contribution in [1.29, 1.82) is 0 Å². The van der Waals surface area contributed by atoms with E-state index in [9.17, 15) is 9.59 Å². The molecule has 3 fully saturated rings. The van der Waals surface area contributed by atoms with Crippen LogP contribution in [0.15, 0.2) is 0 Å². The largest absolute Gasteiger partial charge is 0.481 e. The minimum absolute atomic E-state index is 0.0671. The lowest BCUT2D eigenvalue weighted by Gasteiger charge is -2.28. The Morgan fingerprint density at radius 2 is 2.05 bits per heavy atom. The molecule has 0 aromatic rings. The SMILES string of the molecule is CC1C(C(=O)O)CCN1C(=O)C1NCC2CCCC21. The van der Waals surface area contributed by atoms with Crippen molar-refractivity contribution in [2.24, 2.45) is 17.8 Å². The highest BCUT2D eigenvalue weighted by molar-refractivity contribution is 5.84. The molecule has 2 heterocycles. The van der Waals surface area contributed by atoms with Gasteiger partial charge in [-0.2, -0.15) is 0 Å². The van der Waals surface area contributed by atoms with Crippen LogP contribution in [-0.2, 0) is 9.59 Å². The Kier molecular flexibility index (Phi) is 3.25. The number of amides is 1. The maximum atomic E-state index is 12.6. The van der Waals surface area contributed by atoms with Gasteiger partial charge in [-0.25, -0.2) is 0 Å². The Bertz CT molecular complexity index is 398. The second-order valence-electron chi connectivity index (χ2n) is 6.25. The van der Waals surface area contributed by atoms with Crippen molar-refractivity contribution in [3.05, 3.63) is 0 Å². The van der Waals surface area contributed by atoms with Crippen molar-refractivity contribution < 1.29 is 14.7 Å². The number of carboxylic acid groups (broad SMARTS) is 1. The summed E-state index contributed by atoms with van der Waals surface area (Å²) in [6.07, 6.45) is 4.19. The Balaban J connectivity index is 1.69. The van der Waals surface area contributed by atoms with E-state index in [0.717, 1.165) is 13.0 Å². The molecule has 2 aliphatic heterocycles. The molecular weight excluding hydrogens is 244 g/mol. The summed E-state index contributed by atoms with van der Waals surface area (Å²) >= 11 is 0. The molecule has 5 nitrogen and oxygen atoms in total. The molecule has 19 heavy (non-hydrogen) atoms. The minimum atomic E-state index is -0.777. The van der Waals surface area contributed by atoms with E-state index in [1.165, 1.54) is 12.8 Å². The topological polar surface area (TPSA) is 69.6 Å². The van der Waals surface area contributed by atoms with Crippen molar-refractivity contribution in [2.45, 2.75) is 44.7 Å². The van der Waals surface area contributed by atoms with E-state index in [4.69, 9.17) is 5.11 Å². The standard InChI is InChI=1S/C14H22N2O3/c1-8-10(14(18)19)5-6-16(8)13(17)12-11-4-2-3-9(11)7-15-12/h8-12,15H,2-7H2,1H3,(H,18,19). The number of nitrogens with one attached hydrogen (secondary N) is 1. The molecule has 0 aromatic carbocycles. The third-order valence-electron chi connectivity index (χ3n) is 5.37. The zero-order valence-corrected chi connectivity index (χ0v) is 11.3. The molecule has 0 bridgehead atoms. The number of nitrogens with zero attached hydrogens (tertiary/aromatic N) is 1. The average molecular weight is 266 g/mol. The summed E-state index contributed by atoms with van der Waals surface area (Å²) in [5.74, 6) is 0.0852. The van der Waals surface area contributed by atoms with Crippen molar-refractivity contribution >= 4 is 11.9 Å². The molecule has 1 saturated carbocycles. The maximum absolute atomic E-state index is 12.6. The fourth-order valence-corrected chi connectivity index (χ4v) is 4.22. The first-order chi connectivity index (χ1) is 9.09. The van der Waals surface area contributed by atoms with Crippen LogP contribution in [0.2, 0.25) is 0 Å². The first-order valence-electron chi connectivity index (χ1n) is 7.36. The predicted octanol–water partition coefficient (Wildman–Crippen LogP) is 0.696. The van der Waals surface area contributed by atoms with E-state index in [1.54, 1.807) is 4.90 Å². The summed E-state index contributed by atoms with van der Waals surface area (Å²) in [5, 5.41) is 12.5. The fraction of sp³-hybridized carbons (Fsp3) is 0.857. The first kappa shape index (κ1) is 12.9. The molecule has 5 heteroatoms. The summed E-state index contributed by atoms with van der Waals surface area (Å²) in [4.78, 5) is 25.6. The van der Waals surface area contributed by atoms with Gasteiger partial charge >= 0.3 is 5.97 Å². The van der Waals surface area contributed by atoms with Crippen LogP contribution < -0.4 is 5.32 Å². The third-order valence-corrected chi connectivity index (χ3v) is 5.37. The number of fused-ring (bicyclic) bond motifs is 1. The van der Waals surface area contributed by atoms with E-state index in [2.05, 4.69) is 5.32 Å². The van der Waals surface area contributed by atoms with Gasteiger partial charge in [0.25, 0.3) is 0 Å². The van der Waals surface area contributed by atoms with Gasteiger partial charge in [-0.3, -0.25) is 9.59 Å². The van der Waals surface area contributed by atoms with Gasteiger partial charge < -0.3 is 15.3 Å². The number of aliphatic carboxylic acids is 1. The molecule has 0 aromatic heterocycles. The molecule has 3 rings (SSSR count). The predicted molar refractivity (Wildman–Crippen MR) is 69.5 cm³/mol. The molecule has 3 aliphatic rings. The van der Waals surface area contributed by atoms with Crippen LogP contribution in [0.25, 0.3) is 0 Å². The lowest BCUT2D eigenvalue weighted by molar-refractivity contribution is -0.143. The Labute approximate surface area is 113 Å². The van der Waals surface area contributed by atoms with Crippen molar-refractivity contribution in [3.8, 4) is 0 Å². The van der Waals surface area contributed by atoms with Crippen LogP contribution in [0.4, 0.5) is 0 Å². The second-order valence-corrected chi connectivity index (χ2v) is 6.25. The highest BCUT2D eigenvalue weighted by Crippen LogP contribution is 2.39. The van der Waals surface area contributed by atoms with Gasteiger partial charge in [-0.05, 0) is 44.6 Å². The van der Waals surface area contributed by atoms with Crippen LogP contribution >= 0.6 is 0 Å². The van der Waals surface area contributed by atoms with Gasteiger partial charge in [0, 0.05) is 12.6 Å². The third kappa shape index (κ3) is 2.04. The first-order valence-corrected chi connectivity index (χ1v) is 7.36. The van der Waals surface area contributed by atoms with Crippen molar-refractivity contribution in [2.75, 3.05) is 13.1 Å². The van der Waals surface area contributed by atoms with E-state index in [1.807, 2.05) is 6.92 Å². The van der Waals surface area contributed by atoms with Crippen molar-refractivity contribution in [3.63, 3.8) is 0 Å². The number of carbonyl (C=O) groups excluding carboxylic acids is 1. The molecule has 0 spiro atoms. The van der Waals surface area contributed by atoms with Gasteiger partial charge in [0.15, 0.2) is 0 Å². The van der Waals surface area contributed by atoms with Gasteiger partial charge in [0.05, 0.1) is 12.0 Å². The molecule has 5 unspecified atom stereocenters. The van der Waals surface area contributed by atoms with Gasteiger partial charge in [-0.1, -0.05) is 6.42 Å². The summed E-state index contributed by atoms with van der Waals surface area (Å²) < 4.78 is 0. The number of carbonyl (C=O) groups is 2. The molecule has 0 radical (unpaired) electrons. The van der Waals surface area contributed by atoms with E-state index in [-0.39, 0.29) is 18.0 Å². The quantitative estimate of drug-likeness (QED) is 0.772. The van der Waals surface area contributed by atoms with Gasteiger partial charge in [-0.15, -0.1) is 0 Å². The number of hydrogen-bond acceptors (Lipinski definition) is 3. The number of rotatable bonds is 2. The lowest BCUT2D eigenvalue weighted by atomic mass is 9.93. The lowest BCUT2D eigenvalue weighted by Crippen LogP contribution is -2.48. The number of carboxylic acids is 1. The van der Waals surface area contributed by atoms with Gasteiger partial charge in [0.2, 0.25) is 5.91 Å². The van der Waals surface area contributed by atoms with Crippen LogP contribution in [0.1, 0.15) is 32.6 Å². The number of likely N-dealkylation sites (tertiary alicyclic amines) is 1. The highest BCUT2D eigenvalue weighted by atomic mass is 16.4. The van der Waals surface area contributed by atoms with Crippen molar-refractivity contribution in [1.82, 2.24) is 10.2 Å². The van der Waals surface area contributed by atoms with Gasteiger partial charge in [0.1, 0.15) is 0 Å². The second kappa shape index (κ2) is 4.78. The summed E-state index contributed by atoms with van der Waals surface area (Å²) in [7, 11) is 0. The molecule has 5 atom stereocenters. The normalized spacial score (nSPS) is 41.5. The molecule has 106 valence electrons. The Hall–Kier alpha value is -1.10. The fourth-order valence-electron chi connectivity index (χ4n) is 4.22. The molecule has 1 aliphatic carbocycles. The van der Waals surface area contributed by atoms with Crippen LogP contribution in [-0.4, -0.2) is 47.1 Å². The molecule has 2 N–H and O–H groups in total. The van der Waals surface area contributed by atoms with E-state index >= 15 is 0 Å². The Morgan fingerprint density at radius 1 is 1.26 bits per heavy atom. The van der Waals surface area contributed by atoms with Crippen LogP contribution in [0.5, 0.6) is 0 Å². The maximum Gasteiger partial charge on any atom is 0.308 e. The molecule has 1 amide bonds. The summed E-state index contributed by atoms with van der Waals surface area (Å²) in [6, 6.07) is -0.241. The van der Waals surface area contributed by atoms with Crippen LogP contribution in [0.3, 0.4) is 0 Å². The summed E-state index contributed by atoms with van der Waals surface area (Å²) in [5.41, 5.74) is 0. The molecular formula is C14H22N2O3. The van der Waals surface area contributed by atoms with E-state index < -0.39 is 11.9 Å². The minimum Gasteiger partial charge on any atom is -0.481 e.